The van der Waals surface area contributed by atoms with E-state index in [0.29, 0.717) is 5.75 Å². The molecule has 0 radical (unpaired) electrons. The summed E-state index contributed by atoms with van der Waals surface area (Å²) in [7, 11) is -3.33. The summed E-state index contributed by atoms with van der Waals surface area (Å²) in [5.41, 5.74) is 1.24. The van der Waals surface area contributed by atoms with Crippen LogP contribution in [0.1, 0.15) is 26.3 Å². The maximum absolute atomic E-state index is 10.8. The summed E-state index contributed by atoms with van der Waals surface area (Å²) >= 11 is 0. The Bertz CT molecular complexity index is 443. The minimum atomic E-state index is -3.33. The van der Waals surface area contributed by atoms with Gasteiger partial charge in [0.15, 0.2) is 0 Å². The van der Waals surface area contributed by atoms with Crippen LogP contribution in [0.2, 0.25) is 0 Å². The minimum Gasteiger partial charge on any atom is -0.394 e. The Labute approximate surface area is 96.6 Å². The van der Waals surface area contributed by atoms with Crippen molar-refractivity contribution >= 4 is 10.0 Å². The van der Waals surface area contributed by atoms with Crippen LogP contribution in [0.5, 0.6) is 5.75 Å². The molecule has 0 aliphatic carbocycles. The molecule has 1 aromatic carbocycles. The molecule has 1 N–H and O–H groups in total. The van der Waals surface area contributed by atoms with Gasteiger partial charge >= 0.3 is 0 Å². The molecule has 16 heavy (non-hydrogen) atoms. The fraction of sp³-hybridized carbons (Fsp3) is 0.455. The lowest BCUT2D eigenvalue weighted by molar-refractivity contribution is 0.270. The molecule has 1 aromatic rings. The first-order chi connectivity index (χ1) is 7.18. The molecule has 0 bridgehead atoms. The second kappa shape index (κ2) is 4.43. The highest BCUT2D eigenvalue weighted by atomic mass is 32.2. The predicted octanol–water partition coefficient (Wildman–Crippen LogP) is 1.83. The van der Waals surface area contributed by atoms with Crippen molar-refractivity contribution in [3.8, 4) is 5.75 Å². The van der Waals surface area contributed by atoms with E-state index in [9.17, 15) is 8.42 Å². The summed E-state index contributed by atoms with van der Waals surface area (Å²) in [4.78, 5) is 6.87. The standard InChI is InChI=1S/C11H17NO3S/c1-11(2,3)9-5-7-10(8-6-9)15-12-16(4,13)14/h5-8,12H,1-4H3. The summed E-state index contributed by atoms with van der Waals surface area (Å²) in [6, 6.07) is 7.30. The van der Waals surface area contributed by atoms with Crippen molar-refractivity contribution in [1.82, 2.24) is 4.89 Å². The third kappa shape index (κ3) is 4.20. The van der Waals surface area contributed by atoms with Gasteiger partial charge in [-0.3, -0.25) is 0 Å². The topological polar surface area (TPSA) is 55.4 Å². The van der Waals surface area contributed by atoms with Crippen LogP contribution in [0.3, 0.4) is 0 Å². The third-order valence-corrected chi connectivity index (χ3v) is 2.42. The Morgan fingerprint density at radius 3 is 2.00 bits per heavy atom. The molecule has 0 aromatic heterocycles. The van der Waals surface area contributed by atoms with E-state index < -0.39 is 10.0 Å². The van der Waals surface area contributed by atoms with E-state index in [1.807, 2.05) is 17.0 Å². The fourth-order valence-corrected chi connectivity index (χ4v) is 1.39. The van der Waals surface area contributed by atoms with E-state index >= 15 is 0 Å². The molecule has 0 aliphatic rings. The van der Waals surface area contributed by atoms with Crippen LogP contribution < -0.4 is 9.72 Å². The van der Waals surface area contributed by atoms with Gasteiger partial charge in [0, 0.05) is 0 Å². The first kappa shape index (κ1) is 13.0. The molecule has 0 saturated carbocycles. The molecule has 0 aliphatic heterocycles. The van der Waals surface area contributed by atoms with Gasteiger partial charge in [-0.1, -0.05) is 32.9 Å². The lowest BCUT2D eigenvalue weighted by Gasteiger charge is -2.18. The van der Waals surface area contributed by atoms with E-state index in [1.165, 1.54) is 5.56 Å². The van der Waals surface area contributed by atoms with Crippen molar-refractivity contribution in [2.75, 3.05) is 6.26 Å². The van der Waals surface area contributed by atoms with E-state index in [1.54, 1.807) is 12.1 Å². The van der Waals surface area contributed by atoms with Crippen molar-refractivity contribution < 1.29 is 13.3 Å². The SMILES string of the molecule is CC(C)(C)c1ccc(ONS(C)(=O)=O)cc1. The summed E-state index contributed by atoms with van der Waals surface area (Å²) in [5, 5.41) is 0. The summed E-state index contributed by atoms with van der Waals surface area (Å²) in [5.74, 6) is 0.471. The van der Waals surface area contributed by atoms with Crippen LogP contribution in [-0.4, -0.2) is 14.7 Å². The van der Waals surface area contributed by atoms with Gasteiger partial charge in [-0.25, -0.2) is 8.42 Å². The molecule has 90 valence electrons. The smallest absolute Gasteiger partial charge is 0.239 e. The molecule has 0 fully saturated rings. The van der Waals surface area contributed by atoms with E-state index in [-0.39, 0.29) is 5.41 Å². The predicted molar refractivity (Wildman–Crippen MR) is 63.7 cm³/mol. The monoisotopic (exact) mass is 243 g/mol. The lowest BCUT2D eigenvalue weighted by Crippen LogP contribution is -2.25. The molecule has 0 heterocycles. The van der Waals surface area contributed by atoms with Crippen molar-refractivity contribution in [3.05, 3.63) is 29.8 Å². The highest BCUT2D eigenvalue weighted by Gasteiger charge is 2.13. The van der Waals surface area contributed by atoms with Crippen molar-refractivity contribution in [2.24, 2.45) is 0 Å². The van der Waals surface area contributed by atoms with Crippen LogP contribution in [0.15, 0.2) is 24.3 Å². The van der Waals surface area contributed by atoms with Crippen LogP contribution in [-0.2, 0) is 15.4 Å². The zero-order chi connectivity index (χ0) is 12.4. The number of nitrogens with one attached hydrogen (secondary N) is 1. The number of benzene rings is 1. The van der Waals surface area contributed by atoms with Gasteiger partial charge in [-0.15, -0.1) is 0 Å². The van der Waals surface area contributed by atoms with E-state index in [2.05, 4.69) is 20.8 Å². The molecule has 4 nitrogen and oxygen atoms in total. The maximum Gasteiger partial charge on any atom is 0.239 e. The Morgan fingerprint density at radius 2 is 1.62 bits per heavy atom. The molecule has 0 unspecified atom stereocenters. The highest BCUT2D eigenvalue weighted by Crippen LogP contribution is 2.23. The molecule has 5 heteroatoms. The van der Waals surface area contributed by atoms with Gasteiger partial charge in [-0.2, -0.15) is 0 Å². The van der Waals surface area contributed by atoms with Gasteiger partial charge in [0.1, 0.15) is 5.75 Å². The Kier molecular flexibility index (Phi) is 3.60. The van der Waals surface area contributed by atoms with Gasteiger partial charge in [0.2, 0.25) is 10.0 Å². The maximum atomic E-state index is 10.8. The van der Waals surface area contributed by atoms with Crippen LogP contribution in [0, 0.1) is 0 Å². The Hall–Kier alpha value is -1.07. The number of rotatable bonds is 3. The zero-order valence-electron chi connectivity index (χ0n) is 9.94. The Balaban J connectivity index is 2.73. The van der Waals surface area contributed by atoms with Crippen LogP contribution in [0.25, 0.3) is 0 Å². The highest BCUT2D eigenvalue weighted by molar-refractivity contribution is 7.88. The van der Waals surface area contributed by atoms with Gasteiger partial charge in [-0.05, 0) is 28.0 Å². The molecule has 0 saturated heterocycles. The average Bonchev–Trinajstić information content (AvgIpc) is 2.13. The summed E-state index contributed by atoms with van der Waals surface area (Å²) in [6.45, 7) is 6.33. The second-order valence-electron chi connectivity index (χ2n) is 4.73. The van der Waals surface area contributed by atoms with E-state index in [4.69, 9.17) is 4.84 Å². The number of sulfonamides is 1. The van der Waals surface area contributed by atoms with Crippen molar-refractivity contribution in [2.45, 2.75) is 26.2 Å². The molecule has 0 atom stereocenters. The van der Waals surface area contributed by atoms with E-state index in [0.717, 1.165) is 6.26 Å². The normalized spacial score (nSPS) is 12.5. The lowest BCUT2D eigenvalue weighted by atomic mass is 9.87. The number of hydrogen-bond acceptors (Lipinski definition) is 3. The molecule has 0 amide bonds. The first-order valence-electron chi connectivity index (χ1n) is 4.93. The van der Waals surface area contributed by atoms with Gasteiger partial charge in [0.05, 0.1) is 6.26 Å². The van der Waals surface area contributed by atoms with Crippen molar-refractivity contribution in [3.63, 3.8) is 0 Å². The number of hydrogen-bond donors (Lipinski definition) is 1. The summed E-state index contributed by atoms with van der Waals surface area (Å²) < 4.78 is 21.6. The first-order valence-corrected chi connectivity index (χ1v) is 6.82. The van der Waals surface area contributed by atoms with Crippen LogP contribution >= 0.6 is 0 Å². The van der Waals surface area contributed by atoms with Crippen LogP contribution in [0.4, 0.5) is 0 Å². The second-order valence-corrected chi connectivity index (χ2v) is 6.44. The molecular weight excluding hydrogens is 226 g/mol. The largest absolute Gasteiger partial charge is 0.394 e. The van der Waals surface area contributed by atoms with Crippen molar-refractivity contribution in [1.29, 1.82) is 0 Å². The van der Waals surface area contributed by atoms with Gasteiger partial charge < -0.3 is 4.84 Å². The van der Waals surface area contributed by atoms with Gasteiger partial charge in [0.25, 0.3) is 0 Å². The Morgan fingerprint density at radius 1 is 1.12 bits per heavy atom. The molecule has 1 rings (SSSR count). The molecule has 0 spiro atoms. The minimum absolute atomic E-state index is 0.0722. The summed E-state index contributed by atoms with van der Waals surface area (Å²) in [6.07, 6.45) is 1.04. The third-order valence-electron chi connectivity index (χ3n) is 2.03. The average molecular weight is 243 g/mol. The quantitative estimate of drug-likeness (QED) is 0.824. The zero-order valence-corrected chi connectivity index (χ0v) is 10.8. The molecular formula is C11H17NO3S. The fourth-order valence-electron chi connectivity index (χ4n) is 1.15.